The van der Waals surface area contributed by atoms with Crippen LogP contribution in [0.1, 0.15) is 10.4 Å². The van der Waals surface area contributed by atoms with Crippen molar-refractivity contribution in [3.05, 3.63) is 73.3 Å². The number of benzene rings is 1. The molecule has 26 heavy (non-hydrogen) atoms. The molecule has 0 unspecified atom stereocenters. The van der Waals surface area contributed by atoms with Gasteiger partial charge < -0.3 is 14.6 Å². The minimum atomic E-state index is -0.265. The van der Waals surface area contributed by atoms with Crippen LogP contribution in [-0.4, -0.2) is 36.7 Å². The fourth-order valence-electron chi connectivity index (χ4n) is 2.57. The number of carbonyl (C=O) groups is 1. The van der Waals surface area contributed by atoms with Crippen molar-refractivity contribution < 1.29 is 9.53 Å². The molecule has 0 aliphatic carbocycles. The standard InChI is InChI=1S/C18H16N6O2/c25-18(14-11-21-24-8-6-19-12-16(14)24)22-15-3-1-2-4-17(15)26-10-9-23-7-5-20-13-23/h1-8,11-13H,9-10H2,(H,22,25). The van der Waals surface area contributed by atoms with Crippen LogP contribution in [0.5, 0.6) is 5.75 Å². The molecule has 0 atom stereocenters. The summed E-state index contributed by atoms with van der Waals surface area (Å²) in [4.78, 5) is 20.7. The number of ether oxygens (including phenoxy) is 1. The third-order valence-electron chi connectivity index (χ3n) is 3.87. The molecule has 1 aromatic carbocycles. The summed E-state index contributed by atoms with van der Waals surface area (Å²) in [5.41, 5.74) is 1.70. The van der Waals surface area contributed by atoms with Gasteiger partial charge >= 0.3 is 0 Å². The molecule has 0 aliphatic rings. The van der Waals surface area contributed by atoms with Gasteiger partial charge in [-0.25, -0.2) is 9.50 Å². The van der Waals surface area contributed by atoms with E-state index >= 15 is 0 Å². The Morgan fingerprint density at radius 2 is 2.00 bits per heavy atom. The molecule has 8 nitrogen and oxygen atoms in total. The summed E-state index contributed by atoms with van der Waals surface area (Å²) >= 11 is 0. The number of para-hydroxylation sites is 2. The summed E-state index contributed by atoms with van der Waals surface area (Å²) in [7, 11) is 0. The van der Waals surface area contributed by atoms with E-state index in [1.807, 2.05) is 29.0 Å². The molecule has 4 rings (SSSR count). The van der Waals surface area contributed by atoms with Crippen LogP contribution in [-0.2, 0) is 6.54 Å². The molecule has 0 saturated carbocycles. The normalized spacial score (nSPS) is 10.8. The van der Waals surface area contributed by atoms with Crippen LogP contribution in [0.4, 0.5) is 5.69 Å². The Morgan fingerprint density at radius 1 is 1.12 bits per heavy atom. The number of nitrogens with one attached hydrogen (secondary N) is 1. The van der Waals surface area contributed by atoms with Crippen molar-refractivity contribution in [2.24, 2.45) is 0 Å². The van der Waals surface area contributed by atoms with E-state index in [0.717, 1.165) is 0 Å². The van der Waals surface area contributed by atoms with Crippen molar-refractivity contribution in [1.82, 2.24) is 24.1 Å². The van der Waals surface area contributed by atoms with Crippen molar-refractivity contribution >= 4 is 17.1 Å². The third kappa shape index (κ3) is 3.25. The molecule has 0 saturated heterocycles. The van der Waals surface area contributed by atoms with Gasteiger partial charge in [-0.1, -0.05) is 12.1 Å². The number of imidazole rings is 1. The predicted molar refractivity (Wildman–Crippen MR) is 95.1 cm³/mol. The van der Waals surface area contributed by atoms with Crippen LogP contribution in [0.25, 0.3) is 5.52 Å². The van der Waals surface area contributed by atoms with E-state index in [1.165, 1.54) is 6.20 Å². The molecular weight excluding hydrogens is 332 g/mol. The molecule has 0 aliphatic heterocycles. The van der Waals surface area contributed by atoms with Crippen LogP contribution < -0.4 is 10.1 Å². The van der Waals surface area contributed by atoms with Crippen molar-refractivity contribution in [3.63, 3.8) is 0 Å². The van der Waals surface area contributed by atoms with Crippen LogP contribution in [0.3, 0.4) is 0 Å². The predicted octanol–water partition coefficient (Wildman–Crippen LogP) is 2.26. The fourth-order valence-corrected chi connectivity index (χ4v) is 2.57. The van der Waals surface area contributed by atoms with Gasteiger partial charge in [-0.15, -0.1) is 0 Å². The number of anilines is 1. The molecule has 0 bridgehead atoms. The van der Waals surface area contributed by atoms with Crippen LogP contribution in [0, 0.1) is 0 Å². The average molecular weight is 348 g/mol. The van der Waals surface area contributed by atoms with E-state index < -0.39 is 0 Å². The topological polar surface area (TPSA) is 86.3 Å². The van der Waals surface area contributed by atoms with Gasteiger partial charge in [0.15, 0.2) is 0 Å². The second-order valence-corrected chi connectivity index (χ2v) is 5.56. The summed E-state index contributed by atoms with van der Waals surface area (Å²) in [6, 6.07) is 7.33. The number of aromatic nitrogens is 5. The van der Waals surface area contributed by atoms with E-state index in [9.17, 15) is 4.79 Å². The summed E-state index contributed by atoms with van der Waals surface area (Å²) in [6.07, 6.45) is 11.8. The zero-order valence-electron chi connectivity index (χ0n) is 13.8. The number of amides is 1. The smallest absolute Gasteiger partial charge is 0.259 e. The second kappa shape index (κ2) is 7.06. The van der Waals surface area contributed by atoms with E-state index in [2.05, 4.69) is 20.4 Å². The molecule has 3 heterocycles. The minimum absolute atomic E-state index is 0.265. The highest BCUT2D eigenvalue weighted by atomic mass is 16.5. The van der Waals surface area contributed by atoms with Crippen molar-refractivity contribution in [2.45, 2.75) is 6.54 Å². The second-order valence-electron chi connectivity index (χ2n) is 5.56. The number of carbonyl (C=O) groups excluding carboxylic acids is 1. The summed E-state index contributed by atoms with van der Waals surface area (Å²) in [5.74, 6) is 0.342. The molecule has 4 aromatic rings. The molecule has 1 amide bonds. The summed E-state index contributed by atoms with van der Waals surface area (Å²) in [6.45, 7) is 1.13. The molecule has 0 radical (unpaired) electrons. The first-order valence-corrected chi connectivity index (χ1v) is 8.07. The van der Waals surface area contributed by atoms with Crippen LogP contribution in [0.15, 0.2) is 67.8 Å². The molecular formula is C18H16N6O2. The maximum atomic E-state index is 12.6. The van der Waals surface area contributed by atoms with Crippen molar-refractivity contribution in [1.29, 1.82) is 0 Å². The lowest BCUT2D eigenvalue weighted by molar-refractivity contribution is 0.102. The Hall–Kier alpha value is -3.68. The van der Waals surface area contributed by atoms with Gasteiger partial charge in [0.05, 0.1) is 42.0 Å². The largest absolute Gasteiger partial charge is 0.490 e. The number of rotatable bonds is 6. The Morgan fingerprint density at radius 3 is 2.88 bits per heavy atom. The lowest BCUT2D eigenvalue weighted by Crippen LogP contribution is -2.14. The first kappa shape index (κ1) is 15.8. The fraction of sp³-hybridized carbons (Fsp3) is 0.111. The van der Waals surface area contributed by atoms with Gasteiger partial charge in [-0.05, 0) is 12.1 Å². The molecule has 0 spiro atoms. The zero-order valence-corrected chi connectivity index (χ0v) is 13.8. The van der Waals surface area contributed by atoms with E-state index in [0.29, 0.717) is 35.7 Å². The van der Waals surface area contributed by atoms with Gasteiger partial charge in [-0.3, -0.25) is 9.78 Å². The Kier molecular flexibility index (Phi) is 4.29. The number of hydrogen-bond acceptors (Lipinski definition) is 5. The number of nitrogens with zero attached hydrogens (tertiary/aromatic N) is 5. The van der Waals surface area contributed by atoms with E-state index in [4.69, 9.17) is 4.74 Å². The van der Waals surface area contributed by atoms with Crippen molar-refractivity contribution in [2.75, 3.05) is 11.9 Å². The summed E-state index contributed by atoms with van der Waals surface area (Å²) in [5, 5.41) is 7.04. The third-order valence-corrected chi connectivity index (χ3v) is 3.87. The molecule has 0 fully saturated rings. The Balaban J connectivity index is 1.48. The lowest BCUT2D eigenvalue weighted by atomic mass is 10.2. The average Bonchev–Trinajstić information content (AvgIpc) is 3.32. The highest BCUT2D eigenvalue weighted by Crippen LogP contribution is 2.25. The zero-order chi connectivity index (χ0) is 17.8. The maximum absolute atomic E-state index is 12.6. The molecule has 1 N–H and O–H groups in total. The monoisotopic (exact) mass is 348 g/mol. The van der Waals surface area contributed by atoms with Gasteiger partial charge in [0, 0.05) is 24.8 Å². The van der Waals surface area contributed by atoms with Crippen LogP contribution >= 0.6 is 0 Å². The minimum Gasteiger partial charge on any atom is -0.490 e. The SMILES string of the molecule is O=C(Nc1ccccc1OCCn1ccnc1)c1cnn2ccncc12. The Labute approximate surface area is 149 Å². The quantitative estimate of drug-likeness (QED) is 0.578. The molecule has 3 aromatic heterocycles. The highest BCUT2D eigenvalue weighted by molar-refractivity contribution is 6.09. The van der Waals surface area contributed by atoms with Crippen LogP contribution in [0.2, 0.25) is 0 Å². The number of fused-ring (bicyclic) bond motifs is 1. The van der Waals surface area contributed by atoms with Gasteiger partial charge in [0.2, 0.25) is 0 Å². The van der Waals surface area contributed by atoms with E-state index in [1.54, 1.807) is 41.7 Å². The first-order valence-electron chi connectivity index (χ1n) is 8.07. The maximum Gasteiger partial charge on any atom is 0.259 e. The molecule has 130 valence electrons. The summed E-state index contributed by atoms with van der Waals surface area (Å²) < 4.78 is 9.35. The first-order chi connectivity index (χ1) is 12.8. The lowest BCUT2D eigenvalue weighted by Gasteiger charge is -2.12. The number of hydrogen-bond donors (Lipinski definition) is 1. The van der Waals surface area contributed by atoms with Gasteiger partial charge in [0.1, 0.15) is 12.4 Å². The highest BCUT2D eigenvalue weighted by Gasteiger charge is 2.14. The Bertz CT molecular complexity index is 1030. The van der Waals surface area contributed by atoms with Gasteiger partial charge in [-0.2, -0.15) is 5.10 Å². The van der Waals surface area contributed by atoms with Gasteiger partial charge in [0.25, 0.3) is 5.91 Å². The van der Waals surface area contributed by atoms with E-state index in [-0.39, 0.29) is 5.91 Å². The molecule has 8 heteroatoms. The van der Waals surface area contributed by atoms with Crippen molar-refractivity contribution in [3.8, 4) is 5.75 Å².